The van der Waals surface area contributed by atoms with Crippen molar-refractivity contribution in [2.24, 2.45) is 0 Å². The summed E-state index contributed by atoms with van der Waals surface area (Å²) in [5, 5.41) is 10.7. The van der Waals surface area contributed by atoms with Gasteiger partial charge in [0.05, 0.1) is 23.1 Å². The van der Waals surface area contributed by atoms with Gasteiger partial charge in [-0.15, -0.1) is 0 Å². The van der Waals surface area contributed by atoms with E-state index in [-0.39, 0.29) is 11.9 Å². The van der Waals surface area contributed by atoms with Crippen molar-refractivity contribution in [2.75, 3.05) is 18.0 Å². The zero-order chi connectivity index (χ0) is 18.2. The average molecular weight is 421 g/mol. The molecule has 1 aromatic heterocycles. The minimum absolute atomic E-state index is 0.275. The Morgan fingerprint density at radius 3 is 2.69 bits per heavy atom. The van der Waals surface area contributed by atoms with Gasteiger partial charge >= 0.3 is 7.05 Å². The Kier molecular flexibility index (Phi) is 3.80. The van der Waals surface area contributed by atoms with Gasteiger partial charge < -0.3 is 19.5 Å². The van der Waals surface area contributed by atoms with Crippen LogP contribution in [0.25, 0.3) is 10.9 Å². The van der Waals surface area contributed by atoms with Crippen LogP contribution in [0.5, 0.6) is 0 Å². The predicted molar refractivity (Wildman–Crippen MR) is 101 cm³/mol. The zero-order valence-corrected chi connectivity index (χ0v) is 16.3. The molecule has 0 radical (unpaired) electrons. The van der Waals surface area contributed by atoms with Crippen molar-refractivity contribution in [1.29, 1.82) is 0 Å². The Bertz CT molecular complexity index is 928. The lowest BCUT2D eigenvalue weighted by Gasteiger charge is -2.36. The van der Waals surface area contributed by atoms with Crippen LogP contribution in [0.4, 0.5) is 10.2 Å². The number of hydrogen-bond donors (Lipinski definition) is 1. The molecular weight excluding hydrogens is 402 g/mol. The lowest BCUT2D eigenvalue weighted by Crippen LogP contribution is -2.51. The highest BCUT2D eigenvalue weighted by Gasteiger charge is 2.46. The van der Waals surface area contributed by atoms with E-state index < -0.39 is 7.05 Å². The van der Waals surface area contributed by atoms with Crippen molar-refractivity contribution < 1.29 is 14.2 Å². The fourth-order valence-corrected chi connectivity index (χ4v) is 5.24. The second kappa shape index (κ2) is 5.86. The normalized spacial score (nSPS) is 24.7. The van der Waals surface area contributed by atoms with E-state index in [0.717, 1.165) is 41.8 Å². The first-order valence-corrected chi connectivity index (χ1v) is 9.70. The van der Waals surface area contributed by atoms with Gasteiger partial charge in [-0.2, -0.15) is 0 Å². The molecule has 9 heteroatoms. The molecule has 1 aromatic carbocycles. The highest BCUT2D eigenvalue weighted by atomic mass is 79.9. The van der Waals surface area contributed by atoms with E-state index in [1.54, 1.807) is 6.92 Å². The van der Waals surface area contributed by atoms with Gasteiger partial charge in [0.2, 0.25) is 0 Å². The number of benzene rings is 1. The third-order valence-corrected chi connectivity index (χ3v) is 6.69. The highest BCUT2D eigenvalue weighted by molar-refractivity contribution is 9.10. The second-order valence-corrected chi connectivity index (χ2v) is 8.21. The topological polar surface area (TPSA) is 61.7 Å². The van der Waals surface area contributed by atoms with Crippen molar-refractivity contribution in [2.45, 2.75) is 45.5 Å². The molecule has 4 heterocycles. The molecule has 2 atom stereocenters. The SMILES string of the molecule is CB(O)N1C[C@H]2C[C@@H]1CN2c1nc(C)nc2c(F)c(Br)c3c(c12)COC3. The fraction of sp³-hybridized carbons (Fsp3) is 0.529. The van der Waals surface area contributed by atoms with Gasteiger partial charge in [-0.3, -0.25) is 0 Å². The van der Waals surface area contributed by atoms with Crippen molar-refractivity contribution in [3.63, 3.8) is 0 Å². The van der Waals surface area contributed by atoms with Crippen LogP contribution in [0.2, 0.25) is 6.82 Å². The maximum atomic E-state index is 15.0. The molecule has 1 N–H and O–H groups in total. The standard InChI is InChI=1S/C17H19BBrFN4O2/c1-8-21-16-13(11-6-26-7-12(11)14(19)15(16)20)17(22-8)23-4-10-3-9(23)5-24(10)18(2)25/h9-10,25H,3-7H2,1-2H3/t9-,10-/m1/s1. The lowest BCUT2D eigenvalue weighted by molar-refractivity contribution is 0.134. The Morgan fingerprint density at radius 2 is 2.00 bits per heavy atom. The molecular formula is C17H19BBrFN4O2. The number of anilines is 1. The number of nitrogens with zero attached hydrogens (tertiary/aromatic N) is 4. The molecule has 2 fully saturated rings. The van der Waals surface area contributed by atoms with E-state index in [4.69, 9.17) is 9.72 Å². The first-order valence-electron chi connectivity index (χ1n) is 8.91. The van der Waals surface area contributed by atoms with Crippen molar-refractivity contribution in [3.05, 3.63) is 27.2 Å². The molecule has 26 heavy (non-hydrogen) atoms. The number of piperazine rings is 1. The fourth-order valence-electron chi connectivity index (χ4n) is 4.70. The number of aromatic nitrogens is 2. The summed E-state index contributed by atoms with van der Waals surface area (Å²) in [5.74, 6) is 1.02. The highest BCUT2D eigenvalue weighted by Crippen LogP contribution is 2.43. The predicted octanol–water partition coefficient (Wildman–Crippen LogP) is 2.24. The number of rotatable bonds is 2. The summed E-state index contributed by atoms with van der Waals surface area (Å²) in [5.41, 5.74) is 2.20. The number of fused-ring (bicyclic) bond motifs is 5. The van der Waals surface area contributed by atoms with Gasteiger partial charge in [0, 0.05) is 30.7 Å². The van der Waals surface area contributed by atoms with Gasteiger partial charge in [-0.1, -0.05) is 0 Å². The summed E-state index contributed by atoms with van der Waals surface area (Å²) in [4.78, 5) is 13.5. The summed E-state index contributed by atoms with van der Waals surface area (Å²) in [6, 6.07) is 0.576. The first kappa shape index (κ1) is 16.9. The summed E-state index contributed by atoms with van der Waals surface area (Å²) in [6.07, 6.45) is 0.993. The third-order valence-electron chi connectivity index (χ3n) is 5.86. The first-order chi connectivity index (χ1) is 12.5. The Morgan fingerprint density at radius 1 is 1.23 bits per heavy atom. The van der Waals surface area contributed by atoms with Crippen LogP contribution in [0.1, 0.15) is 23.4 Å². The van der Waals surface area contributed by atoms with Crippen LogP contribution < -0.4 is 4.90 Å². The Balaban J connectivity index is 1.68. The second-order valence-electron chi connectivity index (χ2n) is 7.42. The molecule has 3 aliphatic heterocycles. The van der Waals surface area contributed by atoms with Crippen molar-refractivity contribution in [1.82, 2.24) is 14.8 Å². The van der Waals surface area contributed by atoms with Crippen LogP contribution in [-0.4, -0.2) is 52.0 Å². The van der Waals surface area contributed by atoms with Crippen LogP contribution in [0.3, 0.4) is 0 Å². The van der Waals surface area contributed by atoms with E-state index in [2.05, 4.69) is 30.6 Å². The maximum absolute atomic E-state index is 15.0. The monoisotopic (exact) mass is 420 g/mol. The van der Waals surface area contributed by atoms with Crippen LogP contribution in [-0.2, 0) is 18.0 Å². The van der Waals surface area contributed by atoms with Gasteiger partial charge in [0.1, 0.15) is 17.2 Å². The summed E-state index contributed by atoms with van der Waals surface area (Å²) >= 11 is 3.38. The molecule has 2 bridgehead atoms. The minimum atomic E-state index is -0.443. The largest absolute Gasteiger partial charge is 0.437 e. The van der Waals surface area contributed by atoms with Gasteiger partial charge in [-0.05, 0) is 41.7 Å². The number of ether oxygens (including phenoxy) is 1. The molecule has 2 saturated heterocycles. The maximum Gasteiger partial charge on any atom is 0.376 e. The molecule has 136 valence electrons. The number of halogens is 2. The molecule has 0 amide bonds. The zero-order valence-electron chi connectivity index (χ0n) is 14.7. The molecule has 3 aliphatic rings. The average Bonchev–Trinajstić information content (AvgIpc) is 3.33. The Hall–Kier alpha value is -1.29. The summed E-state index contributed by atoms with van der Waals surface area (Å²) in [7, 11) is -0.443. The van der Waals surface area contributed by atoms with Crippen LogP contribution >= 0.6 is 15.9 Å². The van der Waals surface area contributed by atoms with Gasteiger partial charge in [0.15, 0.2) is 5.82 Å². The third kappa shape index (κ3) is 2.27. The van der Waals surface area contributed by atoms with Crippen LogP contribution in [0, 0.1) is 12.7 Å². The van der Waals surface area contributed by atoms with Crippen molar-refractivity contribution >= 4 is 39.7 Å². The number of hydrogen-bond acceptors (Lipinski definition) is 6. The van der Waals surface area contributed by atoms with Crippen LogP contribution in [0.15, 0.2) is 4.47 Å². The van der Waals surface area contributed by atoms with Crippen molar-refractivity contribution in [3.8, 4) is 0 Å². The lowest BCUT2D eigenvalue weighted by atomic mass is 9.84. The number of aryl methyl sites for hydroxylation is 1. The molecule has 0 unspecified atom stereocenters. The van der Waals surface area contributed by atoms with E-state index in [0.29, 0.717) is 35.1 Å². The van der Waals surface area contributed by atoms with E-state index in [9.17, 15) is 5.02 Å². The minimum Gasteiger partial charge on any atom is -0.437 e. The van der Waals surface area contributed by atoms with Gasteiger partial charge in [-0.25, -0.2) is 14.4 Å². The summed E-state index contributed by atoms with van der Waals surface area (Å²) < 4.78 is 21.1. The molecule has 0 saturated carbocycles. The summed E-state index contributed by atoms with van der Waals surface area (Å²) in [6.45, 7) is 6.05. The molecule has 0 aliphatic carbocycles. The Labute approximate surface area is 159 Å². The molecule has 6 nitrogen and oxygen atoms in total. The smallest absolute Gasteiger partial charge is 0.376 e. The molecule has 2 aromatic rings. The quantitative estimate of drug-likeness (QED) is 0.752. The van der Waals surface area contributed by atoms with E-state index >= 15 is 4.39 Å². The van der Waals surface area contributed by atoms with E-state index in [1.807, 2.05) is 6.82 Å². The molecule has 5 rings (SSSR count). The van der Waals surface area contributed by atoms with Gasteiger partial charge in [0.25, 0.3) is 0 Å². The molecule has 0 spiro atoms. The van der Waals surface area contributed by atoms with E-state index in [1.165, 1.54) is 0 Å².